The number of hydrogen-bond acceptors (Lipinski definition) is 5. The number of sulfonamides is 1. The summed E-state index contributed by atoms with van der Waals surface area (Å²) >= 11 is 0. The van der Waals surface area contributed by atoms with Crippen LogP contribution in [-0.4, -0.2) is 25.6 Å². The molecule has 0 unspecified atom stereocenters. The minimum atomic E-state index is -3.91. The first kappa shape index (κ1) is 15.7. The Morgan fingerprint density at radius 2 is 1.91 bits per heavy atom. The van der Waals surface area contributed by atoms with Crippen molar-refractivity contribution in [1.29, 1.82) is 5.26 Å². The van der Waals surface area contributed by atoms with Gasteiger partial charge in [-0.15, -0.1) is 0 Å². The van der Waals surface area contributed by atoms with E-state index < -0.39 is 15.9 Å². The Bertz CT molecular complexity index is 855. The van der Waals surface area contributed by atoms with Crippen LogP contribution < -0.4 is 4.31 Å². The zero-order valence-electron chi connectivity index (χ0n) is 12.0. The van der Waals surface area contributed by atoms with Gasteiger partial charge in [0.15, 0.2) is 0 Å². The number of hydrogen-bond donors (Lipinski definition) is 0. The standard InChI is InChI=1S/C15H13N3O3S/c1-11-8-14(13(9-16)10-17-11)18(22(2,20)21)15(19)12-6-4-3-5-7-12/h3-8,10H,1-2H3. The predicted octanol–water partition coefficient (Wildman–Crippen LogP) is 1.87. The van der Waals surface area contributed by atoms with E-state index in [0.29, 0.717) is 10.00 Å². The van der Waals surface area contributed by atoms with Gasteiger partial charge in [-0.3, -0.25) is 9.78 Å². The fourth-order valence-electron chi connectivity index (χ4n) is 1.94. The fourth-order valence-corrected chi connectivity index (χ4v) is 2.85. The van der Waals surface area contributed by atoms with E-state index in [1.165, 1.54) is 24.4 Å². The average molecular weight is 315 g/mol. The summed E-state index contributed by atoms with van der Waals surface area (Å²) in [6.45, 7) is 1.65. The molecule has 0 saturated heterocycles. The van der Waals surface area contributed by atoms with Gasteiger partial charge in [0.1, 0.15) is 6.07 Å². The zero-order chi connectivity index (χ0) is 16.3. The number of carbonyl (C=O) groups is 1. The van der Waals surface area contributed by atoms with Crippen LogP contribution in [0.5, 0.6) is 0 Å². The summed E-state index contributed by atoms with van der Waals surface area (Å²) in [5, 5.41) is 9.15. The summed E-state index contributed by atoms with van der Waals surface area (Å²) in [6, 6.07) is 11.3. The molecule has 0 N–H and O–H groups in total. The lowest BCUT2D eigenvalue weighted by atomic mass is 10.2. The third-order valence-corrected chi connectivity index (χ3v) is 3.92. The minimum Gasteiger partial charge on any atom is -0.268 e. The predicted molar refractivity (Wildman–Crippen MR) is 81.8 cm³/mol. The summed E-state index contributed by atoms with van der Waals surface area (Å²) in [5.41, 5.74) is 0.737. The molecule has 22 heavy (non-hydrogen) atoms. The number of carbonyl (C=O) groups excluding carboxylic acids is 1. The molecule has 0 radical (unpaired) electrons. The molecule has 0 spiro atoms. The number of aryl methyl sites for hydroxylation is 1. The van der Waals surface area contributed by atoms with Crippen molar-refractivity contribution >= 4 is 21.6 Å². The molecule has 0 atom stereocenters. The van der Waals surface area contributed by atoms with Gasteiger partial charge in [0, 0.05) is 17.5 Å². The molecule has 0 aliphatic carbocycles. The summed E-state index contributed by atoms with van der Waals surface area (Å²) in [6.07, 6.45) is 2.17. The molecule has 1 aromatic carbocycles. The Hall–Kier alpha value is -2.72. The van der Waals surface area contributed by atoms with E-state index >= 15 is 0 Å². The molecular formula is C15H13N3O3S. The van der Waals surface area contributed by atoms with Gasteiger partial charge in [0.25, 0.3) is 5.91 Å². The van der Waals surface area contributed by atoms with E-state index in [-0.39, 0.29) is 16.8 Å². The topological polar surface area (TPSA) is 91.1 Å². The summed E-state index contributed by atoms with van der Waals surface area (Å²) in [5.74, 6) is -0.717. The highest BCUT2D eigenvalue weighted by Crippen LogP contribution is 2.25. The van der Waals surface area contributed by atoms with Crippen LogP contribution >= 0.6 is 0 Å². The number of nitriles is 1. The van der Waals surface area contributed by atoms with Crippen LogP contribution in [-0.2, 0) is 10.0 Å². The average Bonchev–Trinajstić information content (AvgIpc) is 2.47. The maximum Gasteiger partial charge on any atom is 0.272 e. The fraction of sp³-hybridized carbons (Fsp3) is 0.133. The van der Waals surface area contributed by atoms with Gasteiger partial charge in [-0.25, -0.2) is 12.7 Å². The molecule has 0 fully saturated rings. The van der Waals surface area contributed by atoms with E-state index in [1.807, 2.05) is 6.07 Å². The second-order valence-corrected chi connectivity index (χ2v) is 6.48. The van der Waals surface area contributed by atoms with E-state index in [4.69, 9.17) is 5.26 Å². The lowest BCUT2D eigenvalue weighted by Gasteiger charge is -2.21. The first-order chi connectivity index (χ1) is 10.3. The second kappa shape index (κ2) is 5.95. The van der Waals surface area contributed by atoms with Crippen LogP contribution in [0.25, 0.3) is 0 Å². The smallest absolute Gasteiger partial charge is 0.268 e. The van der Waals surface area contributed by atoms with Crippen molar-refractivity contribution in [2.24, 2.45) is 0 Å². The van der Waals surface area contributed by atoms with E-state index in [1.54, 1.807) is 25.1 Å². The number of amides is 1. The normalized spacial score (nSPS) is 10.8. The summed E-state index contributed by atoms with van der Waals surface area (Å²) in [7, 11) is -3.91. The highest BCUT2D eigenvalue weighted by atomic mass is 32.2. The molecule has 6 nitrogen and oxygen atoms in total. The zero-order valence-corrected chi connectivity index (χ0v) is 12.8. The number of aromatic nitrogens is 1. The van der Waals surface area contributed by atoms with Crippen LogP contribution in [0.4, 0.5) is 5.69 Å². The maximum absolute atomic E-state index is 12.6. The van der Waals surface area contributed by atoms with Crippen molar-refractivity contribution in [3.05, 3.63) is 59.4 Å². The molecule has 2 rings (SSSR count). The van der Waals surface area contributed by atoms with E-state index in [9.17, 15) is 13.2 Å². The van der Waals surface area contributed by atoms with Gasteiger partial charge in [0.05, 0.1) is 17.5 Å². The molecular weight excluding hydrogens is 302 g/mol. The molecule has 0 aliphatic heterocycles. The Morgan fingerprint density at radius 3 is 2.45 bits per heavy atom. The largest absolute Gasteiger partial charge is 0.272 e. The maximum atomic E-state index is 12.6. The molecule has 0 bridgehead atoms. The first-order valence-corrected chi connectivity index (χ1v) is 8.16. The van der Waals surface area contributed by atoms with Crippen molar-refractivity contribution < 1.29 is 13.2 Å². The van der Waals surface area contributed by atoms with Gasteiger partial charge < -0.3 is 0 Å². The first-order valence-electron chi connectivity index (χ1n) is 6.31. The number of pyridine rings is 1. The molecule has 1 heterocycles. The van der Waals surface area contributed by atoms with Gasteiger partial charge in [-0.2, -0.15) is 5.26 Å². The molecule has 1 amide bonds. The van der Waals surface area contributed by atoms with Gasteiger partial charge >= 0.3 is 0 Å². The molecule has 2 aromatic rings. The molecule has 112 valence electrons. The summed E-state index contributed by atoms with van der Waals surface area (Å²) < 4.78 is 24.8. The van der Waals surface area contributed by atoms with Crippen LogP contribution in [0.3, 0.4) is 0 Å². The highest BCUT2D eigenvalue weighted by Gasteiger charge is 2.29. The number of anilines is 1. The Balaban J connectivity index is 2.66. The van der Waals surface area contributed by atoms with Crippen molar-refractivity contribution in [2.45, 2.75) is 6.92 Å². The lowest BCUT2D eigenvalue weighted by molar-refractivity contribution is 0.101. The SMILES string of the molecule is Cc1cc(N(C(=O)c2ccccc2)S(C)(=O)=O)c(C#N)cn1. The quantitative estimate of drug-likeness (QED) is 0.862. The van der Waals surface area contributed by atoms with Crippen molar-refractivity contribution in [3.63, 3.8) is 0 Å². The lowest BCUT2D eigenvalue weighted by Crippen LogP contribution is -2.36. The number of rotatable bonds is 3. The van der Waals surface area contributed by atoms with Gasteiger partial charge in [0.2, 0.25) is 10.0 Å². The molecule has 0 saturated carbocycles. The van der Waals surface area contributed by atoms with Crippen molar-refractivity contribution in [3.8, 4) is 6.07 Å². The molecule has 7 heteroatoms. The van der Waals surface area contributed by atoms with Crippen molar-refractivity contribution in [2.75, 3.05) is 10.6 Å². The van der Waals surface area contributed by atoms with E-state index in [2.05, 4.69) is 4.98 Å². The molecule has 1 aromatic heterocycles. The van der Waals surface area contributed by atoms with Gasteiger partial charge in [-0.1, -0.05) is 18.2 Å². The van der Waals surface area contributed by atoms with Crippen LogP contribution in [0.2, 0.25) is 0 Å². The second-order valence-electron chi connectivity index (χ2n) is 4.65. The van der Waals surface area contributed by atoms with Crippen LogP contribution in [0.15, 0.2) is 42.6 Å². The highest BCUT2D eigenvalue weighted by molar-refractivity contribution is 7.92. The van der Waals surface area contributed by atoms with Gasteiger partial charge in [-0.05, 0) is 25.1 Å². The Kier molecular flexibility index (Phi) is 4.24. The minimum absolute atomic E-state index is 0.00588. The third kappa shape index (κ3) is 3.13. The van der Waals surface area contributed by atoms with Crippen LogP contribution in [0.1, 0.15) is 21.6 Å². The Morgan fingerprint density at radius 1 is 1.27 bits per heavy atom. The third-order valence-electron chi connectivity index (χ3n) is 2.89. The molecule has 0 aliphatic rings. The van der Waals surface area contributed by atoms with Crippen molar-refractivity contribution in [1.82, 2.24) is 4.98 Å². The summed E-state index contributed by atoms with van der Waals surface area (Å²) in [4.78, 5) is 16.5. The van der Waals surface area contributed by atoms with E-state index in [0.717, 1.165) is 6.26 Å². The number of benzene rings is 1. The Labute approximate surface area is 128 Å². The monoisotopic (exact) mass is 315 g/mol. The van der Waals surface area contributed by atoms with Crippen LogP contribution in [0, 0.1) is 18.3 Å². The number of nitrogens with zero attached hydrogens (tertiary/aromatic N) is 3.